The summed E-state index contributed by atoms with van der Waals surface area (Å²) in [6.07, 6.45) is 0. The van der Waals surface area contributed by atoms with Crippen molar-refractivity contribution >= 4 is 34.0 Å². The number of aliphatic hydroxyl groups is 1. The van der Waals surface area contributed by atoms with Gasteiger partial charge >= 0.3 is 0 Å². The summed E-state index contributed by atoms with van der Waals surface area (Å²) in [6, 6.07) is 11.9. The molecule has 0 saturated carbocycles. The largest absolute Gasteiger partial charge is 0.398 e. The Balaban J connectivity index is 2.10. The molecule has 128 valence electrons. The first kappa shape index (κ1) is 16.3. The molecular formula is C19H11ClFN3O2. The molecule has 1 heterocycles. The number of rotatable bonds is 1. The molecule has 0 saturated heterocycles. The van der Waals surface area contributed by atoms with E-state index in [0.717, 1.165) is 12.1 Å². The summed E-state index contributed by atoms with van der Waals surface area (Å²) in [5, 5.41) is 24.0. The molecule has 4 rings (SSSR count). The predicted octanol–water partition coefficient (Wildman–Crippen LogP) is 3.02. The van der Waals surface area contributed by atoms with Gasteiger partial charge in [-0.2, -0.15) is 5.26 Å². The monoisotopic (exact) mass is 367 g/mol. The number of carbonyl (C=O) groups is 1. The van der Waals surface area contributed by atoms with E-state index in [4.69, 9.17) is 22.6 Å². The number of hydrogen-bond donors (Lipinski definition) is 3. The maximum Gasteiger partial charge on any atom is 0.255 e. The Hall–Kier alpha value is -3.14. The first-order valence-electron chi connectivity index (χ1n) is 7.62. The summed E-state index contributed by atoms with van der Waals surface area (Å²) in [7, 11) is 0. The number of carbonyl (C=O) groups excluding carboxylic acids is 1. The zero-order valence-corrected chi connectivity index (χ0v) is 13.9. The third-order valence-corrected chi connectivity index (χ3v) is 4.83. The van der Waals surface area contributed by atoms with Crippen molar-refractivity contribution in [3.05, 3.63) is 75.6 Å². The molecule has 0 bridgehead atoms. The van der Waals surface area contributed by atoms with E-state index in [0.29, 0.717) is 16.3 Å². The molecule has 7 heteroatoms. The van der Waals surface area contributed by atoms with Crippen LogP contribution in [-0.4, -0.2) is 11.0 Å². The highest BCUT2D eigenvalue weighted by molar-refractivity contribution is 6.31. The third-order valence-electron chi connectivity index (χ3n) is 4.50. The second-order valence-corrected chi connectivity index (χ2v) is 6.46. The molecule has 4 N–H and O–H groups in total. The average molecular weight is 368 g/mol. The molecule has 0 aromatic heterocycles. The van der Waals surface area contributed by atoms with E-state index in [1.807, 2.05) is 6.07 Å². The lowest BCUT2D eigenvalue weighted by Crippen LogP contribution is -2.40. The summed E-state index contributed by atoms with van der Waals surface area (Å²) >= 11 is 6.14. The van der Waals surface area contributed by atoms with Gasteiger partial charge in [0.1, 0.15) is 5.82 Å². The number of nitrogen functional groups attached to an aromatic ring is 1. The van der Waals surface area contributed by atoms with Crippen molar-refractivity contribution in [2.75, 3.05) is 5.73 Å². The van der Waals surface area contributed by atoms with E-state index in [2.05, 4.69) is 5.32 Å². The maximum absolute atomic E-state index is 13.7. The highest BCUT2D eigenvalue weighted by atomic mass is 35.5. The maximum atomic E-state index is 13.7. The highest BCUT2D eigenvalue weighted by Gasteiger charge is 2.46. The lowest BCUT2D eigenvalue weighted by molar-refractivity contribution is 0.0479. The van der Waals surface area contributed by atoms with Crippen molar-refractivity contribution in [3.63, 3.8) is 0 Å². The van der Waals surface area contributed by atoms with E-state index in [9.17, 15) is 14.3 Å². The SMILES string of the molecule is N#Cc1ccc2cc(N)c3c(c2c1)C(=O)NC3(O)c1cc(F)ccc1Cl. The normalized spacial score (nSPS) is 18.5. The molecular weight excluding hydrogens is 357 g/mol. The number of nitrogens with zero attached hydrogens (tertiary/aromatic N) is 1. The fourth-order valence-corrected chi connectivity index (χ4v) is 3.63. The van der Waals surface area contributed by atoms with Crippen LogP contribution < -0.4 is 11.1 Å². The Kier molecular flexibility index (Phi) is 3.41. The van der Waals surface area contributed by atoms with Gasteiger partial charge in [-0.25, -0.2) is 4.39 Å². The van der Waals surface area contributed by atoms with E-state index < -0.39 is 17.4 Å². The second kappa shape index (κ2) is 5.43. The summed E-state index contributed by atoms with van der Waals surface area (Å²) in [5.74, 6) is -1.21. The topological polar surface area (TPSA) is 99.1 Å². The van der Waals surface area contributed by atoms with Crippen molar-refractivity contribution in [3.8, 4) is 6.07 Å². The van der Waals surface area contributed by atoms with Gasteiger partial charge in [0.05, 0.1) is 17.2 Å². The minimum Gasteiger partial charge on any atom is -0.398 e. The molecule has 3 aromatic carbocycles. The molecule has 0 fully saturated rings. The standard InChI is InChI=1S/C19H11ClFN3O2/c20-14-4-3-11(21)7-13(14)19(26)17-15(23)6-10-2-1-9(8-22)5-12(10)16(17)18(25)24-19/h1-7,26H,23H2,(H,24,25). The van der Waals surface area contributed by atoms with Crippen molar-refractivity contribution in [2.45, 2.75) is 5.72 Å². The molecule has 1 unspecified atom stereocenters. The number of amides is 1. The van der Waals surface area contributed by atoms with E-state index >= 15 is 0 Å². The van der Waals surface area contributed by atoms with Gasteiger partial charge in [-0.3, -0.25) is 4.79 Å². The van der Waals surface area contributed by atoms with Crippen LogP contribution in [0.25, 0.3) is 10.8 Å². The first-order valence-corrected chi connectivity index (χ1v) is 8.00. The summed E-state index contributed by atoms with van der Waals surface area (Å²) in [5.41, 5.74) is 4.76. The van der Waals surface area contributed by atoms with Crippen LogP contribution in [-0.2, 0) is 5.72 Å². The van der Waals surface area contributed by atoms with Crippen molar-refractivity contribution < 1.29 is 14.3 Å². The van der Waals surface area contributed by atoms with Gasteiger partial charge in [0.15, 0.2) is 5.72 Å². The fraction of sp³-hybridized carbons (Fsp3) is 0.0526. The number of nitrogens with one attached hydrogen (secondary N) is 1. The van der Waals surface area contributed by atoms with Crippen molar-refractivity contribution in [2.24, 2.45) is 0 Å². The number of hydrogen-bond acceptors (Lipinski definition) is 4. The highest BCUT2D eigenvalue weighted by Crippen LogP contribution is 2.44. The number of benzene rings is 3. The Bertz CT molecular complexity index is 1160. The lowest BCUT2D eigenvalue weighted by Gasteiger charge is -2.26. The van der Waals surface area contributed by atoms with Crippen molar-refractivity contribution in [1.29, 1.82) is 5.26 Å². The first-order chi connectivity index (χ1) is 12.3. The van der Waals surface area contributed by atoms with Gasteiger partial charge in [-0.15, -0.1) is 0 Å². The number of halogens is 2. The molecule has 1 aliphatic heterocycles. The number of anilines is 1. The summed E-state index contributed by atoms with van der Waals surface area (Å²) in [4.78, 5) is 12.7. The Morgan fingerprint density at radius 1 is 1.23 bits per heavy atom. The molecule has 0 aliphatic carbocycles. The Morgan fingerprint density at radius 2 is 2.00 bits per heavy atom. The predicted molar refractivity (Wildman–Crippen MR) is 95.0 cm³/mol. The number of nitrogens with two attached hydrogens (primary N) is 1. The Labute approximate surface area is 152 Å². The minimum atomic E-state index is -2.08. The van der Waals surface area contributed by atoms with Crippen LogP contribution >= 0.6 is 11.6 Å². The zero-order chi connectivity index (χ0) is 18.6. The van der Waals surface area contributed by atoms with Gasteiger partial charge in [0.2, 0.25) is 0 Å². The molecule has 26 heavy (non-hydrogen) atoms. The Morgan fingerprint density at radius 3 is 2.73 bits per heavy atom. The van der Waals surface area contributed by atoms with Gasteiger partial charge in [0, 0.05) is 21.8 Å². The third kappa shape index (κ3) is 2.15. The van der Waals surface area contributed by atoms with Gasteiger partial charge in [-0.05, 0) is 47.2 Å². The van der Waals surface area contributed by atoms with Crippen LogP contribution in [0.15, 0.2) is 42.5 Å². The van der Waals surface area contributed by atoms with Gasteiger partial charge in [0.25, 0.3) is 5.91 Å². The zero-order valence-electron chi connectivity index (χ0n) is 13.2. The second-order valence-electron chi connectivity index (χ2n) is 6.05. The molecule has 1 aliphatic rings. The molecule has 0 radical (unpaired) electrons. The molecule has 3 aromatic rings. The smallest absolute Gasteiger partial charge is 0.255 e. The molecule has 5 nitrogen and oxygen atoms in total. The number of fused-ring (bicyclic) bond motifs is 3. The lowest BCUT2D eigenvalue weighted by atomic mass is 9.89. The van der Waals surface area contributed by atoms with E-state index in [-0.39, 0.29) is 27.4 Å². The van der Waals surface area contributed by atoms with E-state index in [1.54, 1.807) is 24.3 Å². The van der Waals surface area contributed by atoms with Gasteiger partial charge < -0.3 is 16.2 Å². The molecule has 1 atom stereocenters. The van der Waals surface area contributed by atoms with Crippen LogP contribution in [0.3, 0.4) is 0 Å². The summed E-state index contributed by atoms with van der Waals surface area (Å²) in [6.45, 7) is 0. The summed E-state index contributed by atoms with van der Waals surface area (Å²) < 4.78 is 13.7. The molecule has 0 spiro atoms. The van der Waals surface area contributed by atoms with E-state index in [1.165, 1.54) is 6.07 Å². The van der Waals surface area contributed by atoms with Gasteiger partial charge in [-0.1, -0.05) is 17.7 Å². The van der Waals surface area contributed by atoms with Crippen LogP contribution in [0, 0.1) is 17.1 Å². The minimum absolute atomic E-state index is 0.0197. The van der Waals surface area contributed by atoms with Crippen LogP contribution in [0.4, 0.5) is 10.1 Å². The number of nitriles is 1. The fourth-order valence-electron chi connectivity index (χ4n) is 3.38. The van der Waals surface area contributed by atoms with Crippen molar-refractivity contribution in [1.82, 2.24) is 5.32 Å². The van der Waals surface area contributed by atoms with Crippen LogP contribution in [0.2, 0.25) is 5.02 Å². The van der Waals surface area contributed by atoms with Crippen LogP contribution in [0.1, 0.15) is 27.0 Å². The quantitative estimate of drug-likeness (QED) is 0.576. The average Bonchev–Trinajstić information content (AvgIpc) is 2.89. The van der Waals surface area contributed by atoms with Crippen LogP contribution in [0.5, 0.6) is 0 Å². The molecule has 1 amide bonds.